The summed E-state index contributed by atoms with van der Waals surface area (Å²) in [5, 5.41) is 13.3. The third-order valence-corrected chi connectivity index (χ3v) is 6.21. The van der Waals surface area contributed by atoms with E-state index >= 15 is 0 Å². The number of thioether (sulfide) groups is 1. The minimum Gasteiger partial charge on any atom is -0.497 e. The van der Waals surface area contributed by atoms with E-state index < -0.39 is 5.25 Å². The van der Waals surface area contributed by atoms with Crippen LogP contribution in [0.5, 0.6) is 17.2 Å². The Bertz CT molecular complexity index is 1140. The summed E-state index contributed by atoms with van der Waals surface area (Å²) < 4.78 is 17.1. The number of amidine groups is 1. The largest absolute Gasteiger partial charge is 0.497 e. The fourth-order valence-electron chi connectivity index (χ4n) is 3.00. The van der Waals surface area contributed by atoms with Gasteiger partial charge in [-0.05, 0) is 64.8 Å². The smallest absolute Gasteiger partial charge is 0.240 e. The molecule has 11 heteroatoms. The van der Waals surface area contributed by atoms with Crippen molar-refractivity contribution in [3.05, 3.63) is 59.1 Å². The number of carbonyl (C=O) groups is 2. The second-order valence-corrected chi connectivity index (χ2v) is 9.13. The van der Waals surface area contributed by atoms with E-state index in [2.05, 4.69) is 43.3 Å². The molecule has 2 aromatic carbocycles. The Morgan fingerprint density at radius 2 is 2.06 bits per heavy atom. The molecule has 2 N–H and O–H groups in total. The van der Waals surface area contributed by atoms with Crippen molar-refractivity contribution in [2.24, 2.45) is 10.2 Å². The van der Waals surface area contributed by atoms with Gasteiger partial charge in [-0.3, -0.25) is 9.59 Å². The average Bonchev–Trinajstić information content (AvgIpc) is 3.17. The predicted molar refractivity (Wildman–Crippen MR) is 142 cm³/mol. The van der Waals surface area contributed by atoms with Gasteiger partial charge in [0, 0.05) is 12.1 Å². The highest BCUT2D eigenvalue weighted by molar-refractivity contribution is 9.10. The minimum atomic E-state index is -0.595. The summed E-state index contributed by atoms with van der Waals surface area (Å²) >= 11 is 4.64. The Morgan fingerprint density at radius 3 is 2.74 bits per heavy atom. The molecule has 184 valence electrons. The Hall–Kier alpha value is -3.31. The van der Waals surface area contributed by atoms with E-state index in [4.69, 9.17) is 14.2 Å². The first-order valence-electron chi connectivity index (χ1n) is 10.7. The van der Waals surface area contributed by atoms with Crippen molar-refractivity contribution in [1.82, 2.24) is 5.32 Å². The summed E-state index contributed by atoms with van der Waals surface area (Å²) in [5.41, 5.74) is 1.34. The van der Waals surface area contributed by atoms with Gasteiger partial charge in [-0.25, -0.2) is 0 Å². The molecule has 2 aromatic rings. The van der Waals surface area contributed by atoms with E-state index in [1.807, 2.05) is 13.0 Å². The number of hydrogen-bond acceptors (Lipinski definition) is 8. The van der Waals surface area contributed by atoms with E-state index in [0.717, 1.165) is 17.3 Å². The lowest BCUT2D eigenvalue weighted by Crippen LogP contribution is -2.28. The van der Waals surface area contributed by atoms with Crippen molar-refractivity contribution in [2.45, 2.75) is 18.6 Å². The molecule has 0 spiro atoms. The van der Waals surface area contributed by atoms with Gasteiger partial charge in [0.05, 0.1) is 24.4 Å². The van der Waals surface area contributed by atoms with E-state index in [9.17, 15) is 9.59 Å². The third-order valence-electron chi connectivity index (χ3n) is 4.55. The first-order chi connectivity index (χ1) is 16.9. The van der Waals surface area contributed by atoms with Crippen LogP contribution in [-0.2, 0) is 9.59 Å². The van der Waals surface area contributed by atoms with Crippen molar-refractivity contribution in [1.29, 1.82) is 0 Å². The Kier molecular flexibility index (Phi) is 9.74. The normalized spacial score (nSPS) is 16.3. The van der Waals surface area contributed by atoms with Crippen molar-refractivity contribution in [3.63, 3.8) is 0 Å². The Labute approximate surface area is 216 Å². The van der Waals surface area contributed by atoms with Gasteiger partial charge in [0.1, 0.15) is 17.6 Å². The number of hydrogen-bond donors (Lipinski definition) is 2. The summed E-state index contributed by atoms with van der Waals surface area (Å²) in [5.74, 6) is 1.25. The molecule has 1 aliphatic rings. The molecular weight excluding hydrogens is 536 g/mol. The number of benzene rings is 2. The lowest BCUT2D eigenvalue weighted by atomic mass is 10.2. The maximum atomic E-state index is 12.3. The third kappa shape index (κ3) is 7.59. The van der Waals surface area contributed by atoms with Gasteiger partial charge in [-0.1, -0.05) is 24.4 Å². The van der Waals surface area contributed by atoms with Gasteiger partial charge in [-0.15, -0.1) is 5.10 Å². The molecule has 0 bridgehead atoms. The van der Waals surface area contributed by atoms with Gasteiger partial charge in [0.25, 0.3) is 0 Å². The molecule has 0 radical (unpaired) electrons. The quantitative estimate of drug-likeness (QED) is 0.240. The molecule has 0 aliphatic carbocycles. The molecule has 3 rings (SSSR count). The maximum Gasteiger partial charge on any atom is 0.240 e. The number of anilines is 1. The van der Waals surface area contributed by atoms with E-state index in [-0.39, 0.29) is 18.2 Å². The van der Waals surface area contributed by atoms with Crippen molar-refractivity contribution >= 4 is 56.6 Å². The molecule has 1 saturated heterocycles. The van der Waals surface area contributed by atoms with Crippen LogP contribution in [0.4, 0.5) is 5.69 Å². The van der Waals surface area contributed by atoms with Crippen molar-refractivity contribution < 1.29 is 23.8 Å². The number of nitrogens with one attached hydrogen (secondary N) is 2. The SMILES string of the molecule is C=CCOc1c(Br)cc(/C=N/N=C2/NC(=O)C(CC(=O)Nc3ccc(OC)cc3)S2)cc1OCC. The minimum absolute atomic E-state index is 0.00208. The lowest BCUT2D eigenvalue weighted by molar-refractivity contribution is -0.122. The second-order valence-electron chi connectivity index (χ2n) is 7.09. The second kappa shape index (κ2) is 13.0. The first kappa shape index (κ1) is 26.3. The number of carbonyl (C=O) groups excluding carboxylic acids is 2. The molecule has 0 aromatic heterocycles. The summed E-state index contributed by atoms with van der Waals surface area (Å²) in [6.07, 6.45) is 3.19. The molecule has 1 aliphatic heterocycles. The zero-order valence-electron chi connectivity index (χ0n) is 19.2. The highest BCUT2D eigenvalue weighted by Crippen LogP contribution is 2.36. The van der Waals surface area contributed by atoms with Crippen molar-refractivity contribution in [3.8, 4) is 17.2 Å². The summed E-state index contributed by atoms with van der Waals surface area (Å²) in [6, 6.07) is 10.5. The van der Waals surface area contributed by atoms with Gasteiger partial charge in [-0.2, -0.15) is 5.10 Å². The van der Waals surface area contributed by atoms with Gasteiger partial charge >= 0.3 is 0 Å². The fourth-order valence-corrected chi connectivity index (χ4v) is 4.50. The highest BCUT2D eigenvalue weighted by Gasteiger charge is 2.32. The van der Waals surface area contributed by atoms with E-state index in [1.54, 1.807) is 43.5 Å². The molecular formula is C24H25BrN4O5S. The summed E-state index contributed by atoms with van der Waals surface area (Å²) in [7, 11) is 1.57. The summed E-state index contributed by atoms with van der Waals surface area (Å²) in [4.78, 5) is 24.6. The highest BCUT2D eigenvalue weighted by atomic mass is 79.9. The molecule has 1 fully saturated rings. The number of nitrogens with zero attached hydrogens (tertiary/aromatic N) is 2. The van der Waals surface area contributed by atoms with Crippen LogP contribution in [0.1, 0.15) is 18.9 Å². The molecule has 35 heavy (non-hydrogen) atoms. The standard InChI is InChI=1S/C24H25BrN4O5S/c1-4-10-34-22-18(25)11-15(12-19(22)33-5-2)14-26-29-24-28-23(31)20(35-24)13-21(30)27-16-6-8-17(32-3)9-7-16/h4,6-9,11-12,14,20H,1,5,10,13H2,2-3H3,(H,27,30)(H,28,29,31)/b26-14+. The molecule has 9 nitrogen and oxygen atoms in total. The Balaban J connectivity index is 1.60. The zero-order chi connectivity index (χ0) is 25.2. The average molecular weight is 561 g/mol. The number of ether oxygens (including phenoxy) is 3. The van der Waals surface area contributed by atoms with Crippen molar-refractivity contribution in [2.75, 3.05) is 25.6 Å². The number of methoxy groups -OCH3 is 1. The number of halogens is 1. The molecule has 1 heterocycles. The van der Waals surface area contributed by atoms with Gasteiger partial charge in [0.2, 0.25) is 11.8 Å². The molecule has 0 saturated carbocycles. The van der Waals surface area contributed by atoms with Crippen LogP contribution in [0.25, 0.3) is 0 Å². The van der Waals surface area contributed by atoms with Gasteiger partial charge in [0.15, 0.2) is 16.7 Å². The fraction of sp³-hybridized carbons (Fsp3) is 0.250. The van der Waals surface area contributed by atoms with Gasteiger partial charge < -0.3 is 24.8 Å². The van der Waals surface area contributed by atoms with Crippen LogP contribution in [-0.4, -0.2) is 48.8 Å². The van der Waals surface area contributed by atoms with Crippen LogP contribution >= 0.6 is 27.7 Å². The van der Waals surface area contributed by atoms with Crippen LogP contribution in [0, 0.1) is 0 Å². The van der Waals surface area contributed by atoms with Crippen LogP contribution in [0.2, 0.25) is 0 Å². The monoisotopic (exact) mass is 560 g/mol. The zero-order valence-corrected chi connectivity index (χ0v) is 21.6. The van der Waals surface area contributed by atoms with Crippen LogP contribution in [0.3, 0.4) is 0 Å². The Morgan fingerprint density at radius 1 is 1.29 bits per heavy atom. The molecule has 1 atom stereocenters. The maximum absolute atomic E-state index is 12.3. The molecule has 2 amide bonds. The molecule has 1 unspecified atom stereocenters. The first-order valence-corrected chi connectivity index (χ1v) is 12.3. The summed E-state index contributed by atoms with van der Waals surface area (Å²) in [6.45, 7) is 6.34. The lowest BCUT2D eigenvalue weighted by Gasteiger charge is -2.13. The number of rotatable bonds is 11. The number of amides is 2. The van der Waals surface area contributed by atoms with Crippen LogP contribution < -0.4 is 24.8 Å². The predicted octanol–water partition coefficient (Wildman–Crippen LogP) is 4.37. The van der Waals surface area contributed by atoms with E-state index in [0.29, 0.717) is 45.8 Å². The van der Waals surface area contributed by atoms with Crippen LogP contribution in [0.15, 0.2) is 63.7 Å². The topological polar surface area (TPSA) is 111 Å². The van der Waals surface area contributed by atoms with E-state index in [1.165, 1.54) is 6.21 Å².